The van der Waals surface area contributed by atoms with Crippen molar-refractivity contribution in [2.24, 2.45) is 0 Å². The van der Waals surface area contributed by atoms with E-state index in [1.165, 1.54) is 30.3 Å². The molecule has 0 saturated heterocycles. The van der Waals surface area contributed by atoms with Crippen LogP contribution in [0.3, 0.4) is 0 Å². The Labute approximate surface area is 130 Å². The van der Waals surface area contributed by atoms with Crippen molar-refractivity contribution < 1.29 is 19.1 Å². The molecule has 1 heterocycles. The molecular weight excluding hydrogens is 301 g/mol. The van der Waals surface area contributed by atoms with Crippen molar-refractivity contribution in [1.82, 2.24) is 9.97 Å². The summed E-state index contributed by atoms with van der Waals surface area (Å²) in [6, 6.07) is 10.3. The third-order valence-corrected chi connectivity index (χ3v) is 3.28. The Balaban J connectivity index is 1.78. The van der Waals surface area contributed by atoms with Gasteiger partial charge in [-0.15, -0.1) is 0 Å². The van der Waals surface area contributed by atoms with Gasteiger partial charge in [0.1, 0.15) is 5.82 Å². The molecule has 0 aliphatic carbocycles. The van der Waals surface area contributed by atoms with Gasteiger partial charge in [0.2, 0.25) is 11.9 Å². The predicted octanol–water partition coefficient (Wildman–Crippen LogP) is 2.58. The number of imidazole rings is 1. The smallest absolute Gasteiger partial charge is 0.337 e. The maximum absolute atomic E-state index is 12.8. The van der Waals surface area contributed by atoms with Crippen molar-refractivity contribution in [3.8, 4) is 0 Å². The number of amides is 1. The summed E-state index contributed by atoms with van der Waals surface area (Å²) in [5.74, 6) is -1.62. The van der Waals surface area contributed by atoms with Crippen LogP contribution >= 0.6 is 0 Å². The van der Waals surface area contributed by atoms with Crippen LogP contribution < -0.4 is 5.32 Å². The molecule has 1 aromatic heterocycles. The molecule has 0 bridgehead atoms. The highest BCUT2D eigenvalue weighted by molar-refractivity contribution is 6.02. The molecular formula is C16H12FN3O3. The summed E-state index contributed by atoms with van der Waals surface area (Å²) >= 11 is 0. The zero-order chi connectivity index (χ0) is 16.4. The Morgan fingerprint density at radius 3 is 2.61 bits per heavy atom. The molecule has 0 fully saturated rings. The number of aromatic amines is 1. The van der Waals surface area contributed by atoms with Gasteiger partial charge in [0.15, 0.2) is 0 Å². The van der Waals surface area contributed by atoms with Gasteiger partial charge in [-0.2, -0.15) is 0 Å². The van der Waals surface area contributed by atoms with Gasteiger partial charge < -0.3 is 10.1 Å². The SMILES string of the molecule is O=C(Cc1ccc(F)cc1)Nc1nc2cccc(C(=O)O)c2[nH]1. The average molecular weight is 313 g/mol. The van der Waals surface area contributed by atoms with Gasteiger partial charge in [0.25, 0.3) is 0 Å². The van der Waals surface area contributed by atoms with Crippen molar-refractivity contribution in [3.63, 3.8) is 0 Å². The lowest BCUT2D eigenvalue weighted by Gasteiger charge is -2.02. The topological polar surface area (TPSA) is 95.1 Å². The minimum atomic E-state index is -1.08. The number of nitrogens with one attached hydrogen (secondary N) is 2. The van der Waals surface area contributed by atoms with Crippen LogP contribution in [0.5, 0.6) is 0 Å². The van der Waals surface area contributed by atoms with Gasteiger partial charge in [-0.1, -0.05) is 18.2 Å². The van der Waals surface area contributed by atoms with Crippen LogP contribution in [-0.2, 0) is 11.2 Å². The molecule has 0 unspecified atom stereocenters. The van der Waals surface area contributed by atoms with Crippen LogP contribution in [0, 0.1) is 5.82 Å². The van der Waals surface area contributed by atoms with Gasteiger partial charge >= 0.3 is 5.97 Å². The zero-order valence-electron chi connectivity index (χ0n) is 11.8. The first-order valence-electron chi connectivity index (χ1n) is 6.79. The largest absolute Gasteiger partial charge is 0.478 e. The van der Waals surface area contributed by atoms with E-state index >= 15 is 0 Å². The molecule has 23 heavy (non-hydrogen) atoms. The number of aromatic carboxylic acids is 1. The summed E-state index contributed by atoms with van der Waals surface area (Å²) in [5, 5.41) is 11.7. The summed E-state index contributed by atoms with van der Waals surface area (Å²) in [6.45, 7) is 0. The molecule has 0 atom stereocenters. The van der Waals surface area contributed by atoms with Crippen molar-refractivity contribution in [3.05, 3.63) is 59.4 Å². The summed E-state index contributed by atoms with van der Waals surface area (Å²) < 4.78 is 12.8. The Morgan fingerprint density at radius 1 is 1.17 bits per heavy atom. The number of H-pyrrole nitrogens is 1. The molecule has 3 aromatic rings. The number of carbonyl (C=O) groups excluding carboxylic acids is 1. The monoisotopic (exact) mass is 313 g/mol. The van der Waals surface area contributed by atoms with Gasteiger partial charge in [0.05, 0.1) is 23.0 Å². The van der Waals surface area contributed by atoms with E-state index in [0.717, 1.165) is 0 Å². The fourth-order valence-corrected chi connectivity index (χ4v) is 2.23. The lowest BCUT2D eigenvalue weighted by atomic mass is 10.1. The lowest BCUT2D eigenvalue weighted by molar-refractivity contribution is -0.115. The van der Waals surface area contributed by atoms with Gasteiger partial charge in [-0.3, -0.25) is 10.1 Å². The number of aromatic nitrogens is 2. The fraction of sp³-hybridized carbons (Fsp3) is 0.0625. The van der Waals surface area contributed by atoms with Gasteiger partial charge in [-0.25, -0.2) is 14.2 Å². The number of para-hydroxylation sites is 1. The maximum atomic E-state index is 12.8. The predicted molar refractivity (Wildman–Crippen MR) is 81.8 cm³/mol. The van der Waals surface area contributed by atoms with E-state index in [4.69, 9.17) is 5.11 Å². The maximum Gasteiger partial charge on any atom is 0.337 e. The molecule has 0 saturated carbocycles. The number of hydrogen-bond acceptors (Lipinski definition) is 3. The zero-order valence-corrected chi connectivity index (χ0v) is 11.8. The molecule has 3 rings (SSSR count). The number of halogens is 1. The summed E-state index contributed by atoms with van der Waals surface area (Å²) in [5.41, 5.74) is 1.53. The number of rotatable bonds is 4. The quantitative estimate of drug-likeness (QED) is 0.690. The van der Waals surface area contributed by atoms with Crippen LogP contribution in [0.25, 0.3) is 11.0 Å². The highest BCUT2D eigenvalue weighted by atomic mass is 19.1. The Bertz CT molecular complexity index is 887. The van der Waals surface area contributed by atoms with Gasteiger partial charge in [0, 0.05) is 0 Å². The summed E-state index contributed by atoms with van der Waals surface area (Å²) in [7, 11) is 0. The third kappa shape index (κ3) is 3.18. The number of anilines is 1. The van der Waals surface area contributed by atoms with Crippen molar-refractivity contribution in [2.45, 2.75) is 6.42 Å². The van der Waals surface area contributed by atoms with Gasteiger partial charge in [-0.05, 0) is 29.8 Å². The second-order valence-corrected chi connectivity index (χ2v) is 4.94. The molecule has 0 spiro atoms. The van der Waals surface area contributed by atoms with Crippen LogP contribution in [0.4, 0.5) is 10.3 Å². The van der Waals surface area contributed by atoms with Crippen LogP contribution in [0.15, 0.2) is 42.5 Å². The summed E-state index contributed by atoms with van der Waals surface area (Å²) in [6.07, 6.45) is 0.0586. The van der Waals surface area contributed by atoms with Crippen LogP contribution in [0.1, 0.15) is 15.9 Å². The highest BCUT2D eigenvalue weighted by Gasteiger charge is 2.13. The van der Waals surface area contributed by atoms with Crippen molar-refractivity contribution >= 4 is 28.9 Å². The Kier molecular flexibility index (Phi) is 3.76. The molecule has 3 N–H and O–H groups in total. The number of carboxylic acid groups (broad SMARTS) is 1. The molecule has 116 valence electrons. The minimum Gasteiger partial charge on any atom is -0.478 e. The van der Waals surface area contributed by atoms with Crippen LogP contribution in [0.2, 0.25) is 0 Å². The number of benzene rings is 2. The normalized spacial score (nSPS) is 10.7. The van der Waals surface area contributed by atoms with E-state index in [0.29, 0.717) is 16.6 Å². The fourth-order valence-electron chi connectivity index (χ4n) is 2.23. The van der Waals surface area contributed by atoms with Crippen molar-refractivity contribution in [2.75, 3.05) is 5.32 Å². The molecule has 0 radical (unpaired) electrons. The third-order valence-electron chi connectivity index (χ3n) is 3.28. The minimum absolute atomic E-state index is 0.0586. The van der Waals surface area contributed by atoms with E-state index in [2.05, 4.69) is 15.3 Å². The molecule has 2 aromatic carbocycles. The number of carbonyl (C=O) groups is 2. The lowest BCUT2D eigenvalue weighted by Crippen LogP contribution is -2.15. The molecule has 7 heteroatoms. The second kappa shape index (κ2) is 5.88. The average Bonchev–Trinajstić information content (AvgIpc) is 2.91. The molecule has 0 aliphatic rings. The van der Waals surface area contributed by atoms with E-state index in [1.54, 1.807) is 12.1 Å². The highest BCUT2D eigenvalue weighted by Crippen LogP contribution is 2.18. The number of carboxylic acids is 1. The summed E-state index contributed by atoms with van der Waals surface area (Å²) in [4.78, 5) is 30.1. The standard InChI is InChI=1S/C16H12FN3O3/c17-10-6-4-9(5-7-10)8-13(21)19-16-18-12-3-1-2-11(15(22)23)14(12)20-16/h1-7H,8H2,(H,22,23)(H2,18,19,20,21). The number of hydrogen-bond donors (Lipinski definition) is 3. The first-order chi connectivity index (χ1) is 11.0. The number of fused-ring (bicyclic) bond motifs is 1. The Hall–Kier alpha value is -3.22. The van der Waals surface area contributed by atoms with Crippen molar-refractivity contribution in [1.29, 1.82) is 0 Å². The van der Waals surface area contributed by atoms with Crippen LogP contribution in [-0.4, -0.2) is 27.0 Å². The molecule has 6 nitrogen and oxygen atoms in total. The Morgan fingerprint density at radius 2 is 1.91 bits per heavy atom. The van der Waals surface area contributed by atoms with E-state index in [9.17, 15) is 14.0 Å². The molecule has 0 aliphatic heterocycles. The first kappa shape index (κ1) is 14.7. The molecule has 1 amide bonds. The second-order valence-electron chi connectivity index (χ2n) is 4.94. The first-order valence-corrected chi connectivity index (χ1v) is 6.79. The number of nitrogens with zero attached hydrogens (tertiary/aromatic N) is 1. The van der Waals surface area contributed by atoms with E-state index in [-0.39, 0.29) is 29.7 Å². The van der Waals surface area contributed by atoms with E-state index < -0.39 is 5.97 Å². The van der Waals surface area contributed by atoms with E-state index in [1.807, 2.05) is 0 Å².